The molecule has 1 unspecified atom stereocenters. The van der Waals surface area contributed by atoms with Gasteiger partial charge in [-0.1, -0.05) is 29.3 Å². The third kappa shape index (κ3) is 4.67. The lowest BCUT2D eigenvalue weighted by atomic mass is 10.3. The largest absolute Gasteiger partial charge is 0.479 e. The number of halogens is 2. The van der Waals surface area contributed by atoms with E-state index in [2.05, 4.69) is 5.32 Å². The quantitative estimate of drug-likeness (QED) is 0.779. The average Bonchev–Trinajstić information content (AvgIpc) is 2.59. The third-order valence-electron chi connectivity index (χ3n) is 3.49. The van der Waals surface area contributed by atoms with Crippen molar-refractivity contribution in [1.29, 1.82) is 0 Å². The molecule has 0 aliphatic carbocycles. The molecule has 1 amide bonds. The van der Waals surface area contributed by atoms with E-state index in [0.29, 0.717) is 16.5 Å². The summed E-state index contributed by atoms with van der Waals surface area (Å²) in [6.07, 6.45) is -0.837. The molecule has 0 saturated heterocycles. The van der Waals surface area contributed by atoms with Crippen molar-refractivity contribution in [3.63, 3.8) is 0 Å². The van der Waals surface area contributed by atoms with Crippen LogP contribution >= 0.6 is 23.2 Å². The van der Waals surface area contributed by atoms with E-state index in [1.165, 1.54) is 38.4 Å². The number of hydrogen-bond donors (Lipinski definition) is 1. The van der Waals surface area contributed by atoms with Crippen LogP contribution in [-0.4, -0.2) is 38.8 Å². The van der Waals surface area contributed by atoms with Gasteiger partial charge in [0.15, 0.2) is 6.10 Å². The number of carbonyl (C=O) groups excluding carboxylic acids is 1. The van der Waals surface area contributed by atoms with Crippen LogP contribution in [0.1, 0.15) is 6.92 Å². The molecular weight excluding hydrogens is 399 g/mol. The Labute approximate surface area is 162 Å². The Bertz CT molecular complexity index is 899. The maximum Gasteiger partial charge on any atom is 0.265 e. The van der Waals surface area contributed by atoms with E-state index in [4.69, 9.17) is 27.9 Å². The van der Waals surface area contributed by atoms with E-state index in [-0.39, 0.29) is 9.92 Å². The van der Waals surface area contributed by atoms with Crippen LogP contribution in [0.5, 0.6) is 5.75 Å². The average molecular weight is 417 g/mol. The number of amides is 1. The van der Waals surface area contributed by atoms with Gasteiger partial charge in [-0.05, 0) is 43.3 Å². The second kappa shape index (κ2) is 8.26. The van der Waals surface area contributed by atoms with Gasteiger partial charge in [-0.25, -0.2) is 12.7 Å². The lowest BCUT2D eigenvalue weighted by Crippen LogP contribution is -2.30. The summed E-state index contributed by atoms with van der Waals surface area (Å²) in [5.74, 6) is -0.113. The Balaban J connectivity index is 2.06. The summed E-state index contributed by atoms with van der Waals surface area (Å²) in [4.78, 5) is 12.4. The smallest absolute Gasteiger partial charge is 0.265 e. The summed E-state index contributed by atoms with van der Waals surface area (Å²) in [5.41, 5.74) is 0.445. The summed E-state index contributed by atoms with van der Waals surface area (Å²) in [6, 6.07) is 10.7. The summed E-state index contributed by atoms with van der Waals surface area (Å²) in [7, 11) is -0.620. The third-order valence-corrected chi connectivity index (χ3v) is 6.12. The lowest BCUT2D eigenvalue weighted by Gasteiger charge is -2.16. The Morgan fingerprint density at radius 1 is 1.12 bits per heavy atom. The maximum atomic E-state index is 12.3. The van der Waals surface area contributed by atoms with Crippen molar-refractivity contribution in [1.82, 2.24) is 4.31 Å². The molecule has 140 valence electrons. The highest BCUT2D eigenvalue weighted by Gasteiger charge is 2.19. The second-order valence-electron chi connectivity index (χ2n) is 5.61. The molecule has 0 aliphatic rings. The van der Waals surface area contributed by atoms with E-state index in [9.17, 15) is 13.2 Å². The Kier molecular flexibility index (Phi) is 6.52. The number of nitrogens with zero attached hydrogens (tertiary/aromatic N) is 1. The minimum absolute atomic E-state index is 0.135. The Hall–Kier alpha value is -1.80. The van der Waals surface area contributed by atoms with E-state index >= 15 is 0 Å². The summed E-state index contributed by atoms with van der Waals surface area (Å²) < 4.78 is 30.7. The number of carbonyl (C=O) groups is 1. The number of benzene rings is 2. The Morgan fingerprint density at radius 3 is 2.31 bits per heavy atom. The minimum Gasteiger partial charge on any atom is -0.479 e. The van der Waals surface area contributed by atoms with Crippen LogP contribution in [0.25, 0.3) is 0 Å². The summed E-state index contributed by atoms with van der Waals surface area (Å²) >= 11 is 12.0. The first-order valence-corrected chi connectivity index (χ1v) is 9.76. The molecule has 2 aromatic rings. The van der Waals surface area contributed by atoms with Crippen LogP contribution in [0.4, 0.5) is 5.69 Å². The molecule has 1 N–H and O–H groups in total. The van der Waals surface area contributed by atoms with Gasteiger partial charge < -0.3 is 10.1 Å². The number of nitrogens with one attached hydrogen (secondary N) is 1. The van der Waals surface area contributed by atoms with Crippen molar-refractivity contribution in [3.05, 3.63) is 52.5 Å². The topological polar surface area (TPSA) is 75.7 Å². The molecule has 0 heterocycles. The van der Waals surface area contributed by atoms with E-state index in [0.717, 1.165) is 4.31 Å². The van der Waals surface area contributed by atoms with Crippen molar-refractivity contribution < 1.29 is 17.9 Å². The standard InChI is InChI=1S/C17H18Cl2N2O4S/c1-11(25-15-6-4-5-14(18)16(15)19)17(22)20-12-7-9-13(10-8-12)26(23,24)21(2)3/h4-11H,1-3H3,(H,20,22). The van der Waals surface area contributed by atoms with Crippen LogP contribution in [0.2, 0.25) is 10.0 Å². The zero-order valence-corrected chi connectivity index (χ0v) is 16.7. The molecule has 2 rings (SSSR count). The van der Waals surface area contributed by atoms with Crippen molar-refractivity contribution >= 4 is 44.8 Å². The predicted molar refractivity (Wildman–Crippen MR) is 102 cm³/mol. The van der Waals surface area contributed by atoms with Crippen LogP contribution in [0.3, 0.4) is 0 Å². The number of ether oxygens (including phenoxy) is 1. The molecule has 0 fully saturated rings. The van der Waals surface area contributed by atoms with Crippen LogP contribution < -0.4 is 10.1 Å². The first-order valence-electron chi connectivity index (χ1n) is 7.57. The van der Waals surface area contributed by atoms with E-state index < -0.39 is 22.0 Å². The molecule has 0 spiro atoms. The number of sulfonamides is 1. The molecule has 26 heavy (non-hydrogen) atoms. The molecule has 6 nitrogen and oxygen atoms in total. The minimum atomic E-state index is -3.52. The highest BCUT2D eigenvalue weighted by Crippen LogP contribution is 2.32. The number of anilines is 1. The highest BCUT2D eigenvalue weighted by molar-refractivity contribution is 7.89. The lowest BCUT2D eigenvalue weighted by molar-refractivity contribution is -0.122. The summed E-state index contributed by atoms with van der Waals surface area (Å²) in [6.45, 7) is 1.57. The monoisotopic (exact) mass is 416 g/mol. The van der Waals surface area contributed by atoms with Crippen LogP contribution in [0, 0.1) is 0 Å². The fourth-order valence-corrected chi connectivity index (χ4v) is 3.22. The van der Waals surface area contributed by atoms with E-state index in [1.54, 1.807) is 25.1 Å². The molecule has 0 saturated carbocycles. The molecule has 1 atom stereocenters. The second-order valence-corrected chi connectivity index (χ2v) is 8.55. The fraction of sp³-hybridized carbons (Fsp3) is 0.235. The van der Waals surface area contributed by atoms with Crippen molar-refractivity contribution in [3.8, 4) is 5.75 Å². The van der Waals surface area contributed by atoms with Crippen LogP contribution in [-0.2, 0) is 14.8 Å². The zero-order valence-electron chi connectivity index (χ0n) is 14.4. The van der Waals surface area contributed by atoms with Crippen molar-refractivity contribution in [2.75, 3.05) is 19.4 Å². The van der Waals surface area contributed by atoms with Gasteiger partial charge in [-0.3, -0.25) is 4.79 Å². The van der Waals surface area contributed by atoms with Gasteiger partial charge in [0, 0.05) is 19.8 Å². The maximum absolute atomic E-state index is 12.3. The SMILES string of the molecule is CC(Oc1cccc(Cl)c1Cl)C(=O)Nc1ccc(S(=O)(=O)N(C)C)cc1. The normalized spacial score (nSPS) is 12.7. The molecule has 0 aliphatic heterocycles. The van der Waals surface area contributed by atoms with Gasteiger partial charge in [0.25, 0.3) is 5.91 Å². The predicted octanol–water partition coefficient (Wildman–Crippen LogP) is 3.65. The van der Waals surface area contributed by atoms with Crippen molar-refractivity contribution in [2.24, 2.45) is 0 Å². The van der Waals surface area contributed by atoms with Gasteiger partial charge >= 0.3 is 0 Å². The molecule has 9 heteroatoms. The molecular formula is C17H18Cl2N2O4S. The van der Waals surface area contributed by atoms with Gasteiger partial charge in [0.2, 0.25) is 10.0 Å². The molecule has 0 radical (unpaired) electrons. The van der Waals surface area contributed by atoms with Gasteiger partial charge in [-0.2, -0.15) is 0 Å². The van der Waals surface area contributed by atoms with Gasteiger partial charge in [0.1, 0.15) is 10.8 Å². The van der Waals surface area contributed by atoms with Crippen LogP contribution in [0.15, 0.2) is 47.4 Å². The molecule has 0 aromatic heterocycles. The van der Waals surface area contributed by atoms with Gasteiger partial charge in [0.05, 0.1) is 9.92 Å². The first kappa shape index (κ1) is 20.5. The highest BCUT2D eigenvalue weighted by atomic mass is 35.5. The zero-order chi connectivity index (χ0) is 19.5. The summed E-state index contributed by atoms with van der Waals surface area (Å²) in [5, 5.41) is 3.21. The number of rotatable bonds is 6. The Morgan fingerprint density at radius 2 is 1.73 bits per heavy atom. The number of hydrogen-bond acceptors (Lipinski definition) is 4. The van der Waals surface area contributed by atoms with Crippen molar-refractivity contribution in [2.45, 2.75) is 17.9 Å². The van der Waals surface area contributed by atoms with E-state index in [1.807, 2.05) is 0 Å². The first-order chi connectivity index (χ1) is 12.1. The molecule has 2 aromatic carbocycles. The van der Waals surface area contributed by atoms with Gasteiger partial charge in [-0.15, -0.1) is 0 Å². The molecule has 0 bridgehead atoms. The fourth-order valence-electron chi connectivity index (χ4n) is 1.98.